The number of carbonyl (C=O) groups is 1. The van der Waals surface area contributed by atoms with Crippen molar-refractivity contribution in [2.45, 2.75) is 57.9 Å². The monoisotopic (exact) mass is 407 g/mol. The summed E-state index contributed by atoms with van der Waals surface area (Å²) < 4.78 is 6.11. The van der Waals surface area contributed by atoms with Gasteiger partial charge in [0.05, 0.1) is 30.3 Å². The number of carboxylic acids is 1. The van der Waals surface area contributed by atoms with Gasteiger partial charge in [0.15, 0.2) is 0 Å². The highest BCUT2D eigenvalue weighted by Crippen LogP contribution is 2.35. The molecule has 4 atom stereocenters. The lowest BCUT2D eigenvalue weighted by atomic mass is 9.91. The second-order valence-electron chi connectivity index (χ2n) is 7.84. The SMILES string of the molecule is CCC(CC(=O)O)c1ccccc1N1C[C@@H](C)O[C@@H](C)C1Nc1ccc(C#N)cc1. The van der Waals surface area contributed by atoms with Crippen LogP contribution in [0.3, 0.4) is 0 Å². The van der Waals surface area contributed by atoms with Gasteiger partial charge in [-0.15, -0.1) is 0 Å². The molecule has 0 amide bonds. The van der Waals surface area contributed by atoms with Gasteiger partial charge >= 0.3 is 5.97 Å². The normalized spacial score (nSPS) is 22.2. The Morgan fingerprint density at radius 1 is 1.27 bits per heavy atom. The van der Waals surface area contributed by atoms with Crippen LogP contribution in [0.5, 0.6) is 0 Å². The molecule has 2 aromatic rings. The molecule has 1 fully saturated rings. The predicted molar refractivity (Wildman–Crippen MR) is 118 cm³/mol. The van der Waals surface area contributed by atoms with Gasteiger partial charge in [0.2, 0.25) is 0 Å². The highest BCUT2D eigenvalue weighted by Gasteiger charge is 2.34. The van der Waals surface area contributed by atoms with Crippen molar-refractivity contribution in [1.82, 2.24) is 0 Å². The van der Waals surface area contributed by atoms with Gasteiger partial charge in [-0.3, -0.25) is 4.79 Å². The minimum absolute atomic E-state index is 0.0478. The van der Waals surface area contributed by atoms with Gasteiger partial charge in [-0.25, -0.2) is 0 Å². The van der Waals surface area contributed by atoms with Crippen molar-refractivity contribution < 1.29 is 14.6 Å². The fourth-order valence-electron chi connectivity index (χ4n) is 4.16. The van der Waals surface area contributed by atoms with E-state index in [-0.39, 0.29) is 30.7 Å². The zero-order valence-electron chi connectivity index (χ0n) is 17.7. The number of aliphatic carboxylic acids is 1. The van der Waals surface area contributed by atoms with E-state index in [2.05, 4.69) is 29.3 Å². The Hall–Kier alpha value is -3.04. The molecule has 6 nitrogen and oxygen atoms in total. The van der Waals surface area contributed by atoms with Gasteiger partial charge in [-0.1, -0.05) is 25.1 Å². The number of hydrogen-bond acceptors (Lipinski definition) is 5. The Labute approximate surface area is 178 Å². The number of hydrogen-bond donors (Lipinski definition) is 2. The summed E-state index contributed by atoms with van der Waals surface area (Å²) in [5.74, 6) is -0.838. The zero-order valence-corrected chi connectivity index (χ0v) is 17.7. The van der Waals surface area contributed by atoms with Gasteiger partial charge in [0.1, 0.15) is 6.17 Å². The summed E-state index contributed by atoms with van der Waals surface area (Å²) in [6.07, 6.45) is 0.699. The lowest BCUT2D eigenvalue weighted by Gasteiger charge is -2.45. The second kappa shape index (κ2) is 9.64. The minimum atomic E-state index is -0.785. The highest BCUT2D eigenvalue weighted by molar-refractivity contribution is 5.69. The summed E-state index contributed by atoms with van der Waals surface area (Å²) in [4.78, 5) is 13.7. The molecule has 0 aliphatic carbocycles. The molecular weight excluding hydrogens is 378 g/mol. The average Bonchev–Trinajstić information content (AvgIpc) is 2.74. The smallest absolute Gasteiger partial charge is 0.303 e. The minimum Gasteiger partial charge on any atom is -0.481 e. The average molecular weight is 408 g/mol. The van der Waals surface area contributed by atoms with Crippen LogP contribution in [-0.4, -0.2) is 36.0 Å². The van der Waals surface area contributed by atoms with Crippen LogP contribution < -0.4 is 10.2 Å². The first-order chi connectivity index (χ1) is 14.4. The van der Waals surface area contributed by atoms with E-state index in [1.807, 2.05) is 44.2 Å². The molecule has 3 rings (SSSR count). The Morgan fingerprint density at radius 2 is 1.97 bits per heavy atom. The summed E-state index contributed by atoms with van der Waals surface area (Å²) >= 11 is 0. The van der Waals surface area contributed by atoms with Crippen molar-refractivity contribution >= 4 is 17.3 Å². The first-order valence-corrected chi connectivity index (χ1v) is 10.4. The molecule has 0 radical (unpaired) electrons. The lowest BCUT2D eigenvalue weighted by Crippen LogP contribution is -2.57. The number of benzene rings is 2. The number of carboxylic acid groups (broad SMARTS) is 1. The van der Waals surface area contributed by atoms with Crippen LogP contribution in [0, 0.1) is 11.3 Å². The van der Waals surface area contributed by atoms with Gasteiger partial charge in [0.25, 0.3) is 0 Å². The summed E-state index contributed by atoms with van der Waals surface area (Å²) in [5, 5.41) is 22.0. The molecule has 158 valence electrons. The van der Waals surface area contributed by atoms with Crippen LogP contribution in [0.2, 0.25) is 0 Å². The molecule has 1 aliphatic rings. The number of ether oxygens (including phenoxy) is 1. The van der Waals surface area contributed by atoms with E-state index in [1.54, 1.807) is 12.1 Å². The molecule has 0 bridgehead atoms. The van der Waals surface area contributed by atoms with E-state index < -0.39 is 5.97 Å². The molecule has 0 saturated carbocycles. The quantitative estimate of drug-likeness (QED) is 0.699. The Bertz CT molecular complexity index is 907. The number of nitrogens with zero attached hydrogens (tertiary/aromatic N) is 2. The van der Waals surface area contributed by atoms with Crippen LogP contribution in [0.25, 0.3) is 0 Å². The fourth-order valence-corrected chi connectivity index (χ4v) is 4.16. The molecule has 1 heterocycles. The van der Waals surface area contributed by atoms with Crippen LogP contribution >= 0.6 is 0 Å². The third-order valence-corrected chi connectivity index (χ3v) is 5.61. The van der Waals surface area contributed by atoms with Gasteiger partial charge in [-0.2, -0.15) is 5.26 Å². The maximum atomic E-state index is 11.4. The van der Waals surface area contributed by atoms with Crippen LogP contribution in [0.15, 0.2) is 48.5 Å². The molecule has 1 saturated heterocycles. The maximum Gasteiger partial charge on any atom is 0.303 e. The van der Waals surface area contributed by atoms with Crippen molar-refractivity contribution in [1.29, 1.82) is 5.26 Å². The lowest BCUT2D eigenvalue weighted by molar-refractivity contribution is -0.137. The molecule has 0 aromatic heterocycles. The van der Waals surface area contributed by atoms with E-state index in [4.69, 9.17) is 10.00 Å². The zero-order chi connectivity index (χ0) is 21.7. The van der Waals surface area contributed by atoms with E-state index in [9.17, 15) is 9.90 Å². The predicted octanol–water partition coefficient (Wildman–Crippen LogP) is 4.58. The largest absolute Gasteiger partial charge is 0.481 e. The Kier molecular flexibility index (Phi) is 6.96. The topological polar surface area (TPSA) is 85.6 Å². The Morgan fingerprint density at radius 3 is 2.60 bits per heavy atom. The van der Waals surface area contributed by atoms with Gasteiger partial charge in [0, 0.05) is 17.9 Å². The fraction of sp³-hybridized carbons (Fsp3) is 0.417. The molecule has 30 heavy (non-hydrogen) atoms. The molecule has 1 aliphatic heterocycles. The molecular formula is C24H29N3O3. The van der Waals surface area contributed by atoms with Gasteiger partial charge in [-0.05, 0) is 62.1 Å². The van der Waals surface area contributed by atoms with Crippen molar-refractivity contribution in [2.75, 3.05) is 16.8 Å². The van der Waals surface area contributed by atoms with Crippen molar-refractivity contribution in [3.8, 4) is 6.07 Å². The molecule has 6 heteroatoms. The van der Waals surface area contributed by atoms with E-state index in [0.717, 1.165) is 23.4 Å². The van der Waals surface area contributed by atoms with Crippen molar-refractivity contribution in [2.24, 2.45) is 0 Å². The first-order valence-electron chi connectivity index (χ1n) is 10.4. The summed E-state index contributed by atoms with van der Waals surface area (Å²) in [6, 6.07) is 17.6. The number of anilines is 2. The summed E-state index contributed by atoms with van der Waals surface area (Å²) in [5.41, 5.74) is 3.61. The maximum absolute atomic E-state index is 11.4. The number of rotatable bonds is 7. The first kappa shape index (κ1) is 21.7. The van der Waals surface area contributed by atoms with Crippen LogP contribution in [0.1, 0.15) is 50.7 Å². The van der Waals surface area contributed by atoms with Crippen LogP contribution in [-0.2, 0) is 9.53 Å². The second-order valence-corrected chi connectivity index (χ2v) is 7.84. The van der Waals surface area contributed by atoms with Crippen molar-refractivity contribution in [3.63, 3.8) is 0 Å². The van der Waals surface area contributed by atoms with Gasteiger partial charge < -0.3 is 20.1 Å². The van der Waals surface area contributed by atoms with E-state index in [1.165, 1.54) is 0 Å². The highest BCUT2D eigenvalue weighted by atomic mass is 16.5. The van der Waals surface area contributed by atoms with E-state index >= 15 is 0 Å². The molecule has 2 N–H and O–H groups in total. The summed E-state index contributed by atoms with van der Waals surface area (Å²) in [6.45, 7) is 6.82. The van der Waals surface area contributed by atoms with Crippen LogP contribution in [0.4, 0.5) is 11.4 Å². The molecule has 0 spiro atoms. The Balaban J connectivity index is 1.96. The summed E-state index contributed by atoms with van der Waals surface area (Å²) in [7, 11) is 0. The molecule has 2 unspecified atom stereocenters. The number of nitriles is 1. The standard InChI is InChI=1S/C24H29N3O3/c1-4-19(13-23(28)29)21-7-5-6-8-22(21)27-15-16(2)30-17(3)24(27)26-20-11-9-18(14-25)10-12-20/h5-12,16-17,19,24,26H,4,13,15H2,1-3H3,(H,28,29)/t16-,17+,19?,24?/m1/s1. The number of morpholine rings is 1. The third-order valence-electron chi connectivity index (χ3n) is 5.61. The van der Waals surface area contributed by atoms with E-state index in [0.29, 0.717) is 12.1 Å². The molecule has 2 aromatic carbocycles. The van der Waals surface area contributed by atoms with Crippen molar-refractivity contribution in [3.05, 3.63) is 59.7 Å². The third kappa shape index (κ3) is 4.92. The number of nitrogens with one attached hydrogen (secondary N) is 1. The number of para-hydroxylation sites is 1.